The molecule has 0 amide bonds. The minimum Gasteiger partial charge on any atom is -0.394 e. The number of halogens is 1. The van der Waals surface area contributed by atoms with Crippen LogP contribution in [-0.4, -0.2) is 30.8 Å². The van der Waals surface area contributed by atoms with Gasteiger partial charge in [0, 0.05) is 22.7 Å². The second kappa shape index (κ2) is 8.16. The lowest BCUT2D eigenvalue weighted by Gasteiger charge is -2.34. The maximum absolute atomic E-state index is 9.77. The van der Waals surface area contributed by atoms with Gasteiger partial charge in [0.05, 0.1) is 12.6 Å². The summed E-state index contributed by atoms with van der Waals surface area (Å²) in [5, 5.41) is 13.3. The van der Waals surface area contributed by atoms with E-state index in [1.165, 1.54) is 30.5 Å². The topological polar surface area (TPSA) is 35.5 Å². The molecule has 2 unspecified atom stereocenters. The van der Waals surface area contributed by atoms with Crippen molar-refractivity contribution >= 4 is 21.6 Å². The summed E-state index contributed by atoms with van der Waals surface area (Å²) in [6, 6.07) is 7.08. The highest BCUT2D eigenvalue weighted by Gasteiger charge is 2.24. The Morgan fingerprint density at radius 1 is 1.38 bits per heavy atom. The molecular weight excluding hydrogens is 328 g/mol. The van der Waals surface area contributed by atoms with Crippen LogP contribution in [0.3, 0.4) is 0 Å². The van der Waals surface area contributed by atoms with Gasteiger partial charge in [-0.1, -0.05) is 35.7 Å². The Morgan fingerprint density at radius 3 is 2.90 bits per heavy atom. The fourth-order valence-corrected chi connectivity index (χ4v) is 3.61. The summed E-state index contributed by atoms with van der Waals surface area (Å²) in [6.45, 7) is 6.58. The van der Waals surface area contributed by atoms with E-state index in [0.717, 1.165) is 24.0 Å². The zero-order chi connectivity index (χ0) is 15.2. The number of benzene rings is 1. The smallest absolute Gasteiger partial charge is 0.0635 e. The average Bonchev–Trinajstić information content (AvgIpc) is 2.72. The Kier molecular flexibility index (Phi) is 6.52. The highest BCUT2D eigenvalue weighted by Crippen LogP contribution is 2.33. The standard InChI is InChI=1S/C17H27BrN2O/c1-3-19-13(2)16-11-14(18)8-9-17(16)20-10-6-4-5-7-15(20)12-21/h8-9,11,13,15,19,21H,3-7,10,12H2,1-2H3. The molecule has 0 radical (unpaired) electrons. The van der Waals surface area contributed by atoms with Crippen molar-refractivity contribution in [3.8, 4) is 0 Å². The van der Waals surface area contributed by atoms with Gasteiger partial charge in [-0.2, -0.15) is 0 Å². The molecule has 1 saturated heterocycles. The summed E-state index contributed by atoms with van der Waals surface area (Å²) < 4.78 is 1.11. The third kappa shape index (κ3) is 4.21. The highest BCUT2D eigenvalue weighted by molar-refractivity contribution is 9.10. The number of hydrogen-bond acceptors (Lipinski definition) is 3. The third-order valence-corrected chi connectivity index (χ3v) is 4.86. The van der Waals surface area contributed by atoms with Gasteiger partial charge in [0.2, 0.25) is 0 Å². The Morgan fingerprint density at radius 2 is 2.19 bits per heavy atom. The maximum Gasteiger partial charge on any atom is 0.0635 e. The molecule has 1 aromatic carbocycles. The normalized spacial score (nSPS) is 21.1. The van der Waals surface area contributed by atoms with Crippen molar-refractivity contribution in [2.24, 2.45) is 0 Å². The molecule has 1 aromatic rings. The Bertz CT molecular complexity index is 452. The van der Waals surface area contributed by atoms with E-state index in [0.29, 0.717) is 6.04 Å². The molecule has 1 aliphatic heterocycles. The zero-order valence-electron chi connectivity index (χ0n) is 13.1. The van der Waals surface area contributed by atoms with E-state index in [1.807, 2.05) is 0 Å². The molecule has 2 atom stereocenters. The molecule has 1 heterocycles. The molecule has 21 heavy (non-hydrogen) atoms. The van der Waals surface area contributed by atoms with Crippen LogP contribution in [0, 0.1) is 0 Å². The number of hydrogen-bond donors (Lipinski definition) is 2. The van der Waals surface area contributed by atoms with Gasteiger partial charge in [-0.15, -0.1) is 0 Å². The third-order valence-electron chi connectivity index (χ3n) is 4.36. The van der Waals surface area contributed by atoms with Crippen LogP contribution in [0.1, 0.15) is 51.1 Å². The first-order valence-electron chi connectivity index (χ1n) is 8.07. The molecule has 0 aliphatic carbocycles. The quantitative estimate of drug-likeness (QED) is 0.842. The minimum absolute atomic E-state index is 0.241. The highest BCUT2D eigenvalue weighted by atomic mass is 79.9. The van der Waals surface area contributed by atoms with Gasteiger partial charge >= 0.3 is 0 Å². The van der Waals surface area contributed by atoms with Gasteiger partial charge in [-0.3, -0.25) is 0 Å². The number of rotatable bonds is 5. The van der Waals surface area contributed by atoms with E-state index in [-0.39, 0.29) is 12.6 Å². The number of anilines is 1. The van der Waals surface area contributed by atoms with Crippen molar-refractivity contribution in [3.63, 3.8) is 0 Å². The molecule has 0 saturated carbocycles. The van der Waals surface area contributed by atoms with Gasteiger partial charge < -0.3 is 15.3 Å². The van der Waals surface area contributed by atoms with E-state index in [1.54, 1.807) is 0 Å². The summed E-state index contributed by atoms with van der Waals surface area (Å²) >= 11 is 3.59. The molecule has 2 rings (SSSR count). The SMILES string of the molecule is CCNC(C)c1cc(Br)ccc1N1CCCCCC1CO. The van der Waals surface area contributed by atoms with Crippen molar-refractivity contribution in [1.82, 2.24) is 5.32 Å². The van der Waals surface area contributed by atoms with Crippen molar-refractivity contribution in [2.75, 3.05) is 24.6 Å². The van der Waals surface area contributed by atoms with Gasteiger partial charge in [0.25, 0.3) is 0 Å². The van der Waals surface area contributed by atoms with Crippen LogP contribution in [-0.2, 0) is 0 Å². The van der Waals surface area contributed by atoms with E-state index in [9.17, 15) is 5.11 Å². The van der Waals surface area contributed by atoms with Crippen molar-refractivity contribution in [1.29, 1.82) is 0 Å². The van der Waals surface area contributed by atoms with Gasteiger partial charge in [-0.05, 0) is 50.1 Å². The maximum atomic E-state index is 9.77. The molecule has 0 aromatic heterocycles. The summed E-state index contributed by atoms with van der Waals surface area (Å²) in [7, 11) is 0. The van der Waals surface area contributed by atoms with E-state index >= 15 is 0 Å². The van der Waals surface area contributed by atoms with Crippen molar-refractivity contribution < 1.29 is 5.11 Å². The molecule has 4 heteroatoms. The van der Waals surface area contributed by atoms with Crippen LogP contribution in [0.25, 0.3) is 0 Å². The fraction of sp³-hybridized carbons (Fsp3) is 0.647. The molecule has 1 aliphatic rings. The lowest BCUT2D eigenvalue weighted by atomic mass is 10.0. The van der Waals surface area contributed by atoms with Gasteiger partial charge in [0.1, 0.15) is 0 Å². The minimum atomic E-state index is 0.241. The first-order valence-corrected chi connectivity index (χ1v) is 8.87. The summed E-state index contributed by atoms with van der Waals surface area (Å²) in [6.07, 6.45) is 4.78. The van der Waals surface area contributed by atoms with Crippen LogP contribution in [0.4, 0.5) is 5.69 Å². The number of aliphatic hydroxyl groups is 1. The number of nitrogens with one attached hydrogen (secondary N) is 1. The van der Waals surface area contributed by atoms with Crippen LogP contribution in [0.2, 0.25) is 0 Å². The van der Waals surface area contributed by atoms with Crippen LogP contribution >= 0.6 is 15.9 Å². The first kappa shape index (κ1) is 16.8. The Labute approximate surface area is 136 Å². The van der Waals surface area contributed by atoms with Crippen LogP contribution < -0.4 is 10.2 Å². The van der Waals surface area contributed by atoms with Crippen LogP contribution in [0.15, 0.2) is 22.7 Å². The molecule has 118 valence electrons. The second-order valence-corrected chi connectivity index (χ2v) is 6.78. The largest absolute Gasteiger partial charge is 0.394 e. The second-order valence-electron chi connectivity index (χ2n) is 5.86. The lowest BCUT2D eigenvalue weighted by molar-refractivity contribution is 0.255. The summed E-state index contributed by atoms with van der Waals surface area (Å²) in [4.78, 5) is 2.42. The van der Waals surface area contributed by atoms with Gasteiger partial charge in [-0.25, -0.2) is 0 Å². The fourth-order valence-electron chi connectivity index (χ4n) is 3.23. The zero-order valence-corrected chi connectivity index (χ0v) is 14.7. The molecule has 2 N–H and O–H groups in total. The first-order chi connectivity index (χ1) is 10.2. The van der Waals surface area contributed by atoms with E-state index in [4.69, 9.17) is 0 Å². The molecule has 0 spiro atoms. The number of aliphatic hydroxyl groups excluding tert-OH is 1. The molecule has 1 fully saturated rings. The van der Waals surface area contributed by atoms with E-state index < -0.39 is 0 Å². The molecule has 3 nitrogen and oxygen atoms in total. The molecule has 0 bridgehead atoms. The summed E-state index contributed by atoms with van der Waals surface area (Å²) in [5.74, 6) is 0. The van der Waals surface area contributed by atoms with Crippen molar-refractivity contribution in [3.05, 3.63) is 28.2 Å². The van der Waals surface area contributed by atoms with E-state index in [2.05, 4.69) is 58.2 Å². The molecular formula is C17H27BrN2O. The average molecular weight is 355 g/mol. The lowest BCUT2D eigenvalue weighted by Crippen LogP contribution is -2.38. The van der Waals surface area contributed by atoms with Crippen molar-refractivity contribution in [2.45, 2.75) is 51.6 Å². The monoisotopic (exact) mass is 354 g/mol. The predicted molar refractivity (Wildman–Crippen MR) is 92.9 cm³/mol. The number of nitrogens with zero attached hydrogens (tertiary/aromatic N) is 1. The summed E-state index contributed by atoms with van der Waals surface area (Å²) in [5.41, 5.74) is 2.58. The predicted octanol–water partition coefficient (Wildman–Crippen LogP) is 3.86. The Hall–Kier alpha value is -0.580. The van der Waals surface area contributed by atoms with Gasteiger partial charge in [0.15, 0.2) is 0 Å². The Balaban J connectivity index is 2.35. The van der Waals surface area contributed by atoms with Crippen LogP contribution in [0.5, 0.6) is 0 Å².